The standard InChI is InChI=1S/C14H17N3S/c15-14(17-11-5-6-11)16-8-7-10-9-18-13-4-2-1-3-12(10)13/h1-4,9,11H,5-8H2,(H3,15,16,17). The second-order valence-corrected chi connectivity index (χ2v) is 5.60. The molecular weight excluding hydrogens is 242 g/mol. The van der Waals surface area contributed by atoms with E-state index in [1.54, 1.807) is 11.3 Å². The number of nitrogens with two attached hydrogens (primary N) is 1. The third kappa shape index (κ3) is 2.64. The Morgan fingerprint density at radius 3 is 3.06 bits per heavy atom. The number of fused-ring (bicyclic) bond motifs is 1. The van der Waals surface area contributed by atoms with E-state index in [1.807, 2.05) is 0 Å². The van der Waals surface area contributed by atoms with E-state index in [0.29, 0.717) is 12.0 Å². The fourth-order valence-electron chi connectivity index (χ4n) is 2.01. The molecule has 0 radical (unpaired) electrons. The normalized spacial score (nSPS) is 16.1. The number of benzene rings is 1. The van der Waals surface area contributed by atoms with Crippen LogP contribution in [0.3, 0.4) is 0 Å². The molecule has 1 fully saturated rings. The first kappa shape index (κ1) is 11.5. The van der Waals surface area contributed by atoms with E-state index in [-0.39, 0.29) is 0 Å². The average molecular weight is 259 g/mol. The molecule has 0 saturated heterocycles. The molecule has 1 aliphatic rings. The molecule has 1 aromatic carbocycles. The van der Waals surface area contributed by atoms with Gasteiger partial charge < -0.3 is 11.1 Å². The van der Waals surface area contributed by atoms with Gasteiger partial charge >= 0.3 is 0 Å². The van der Waals surface area contributed by atoms with Gasteiger partial charge in [0.2, 0.25) is 0 Å². The second kappa shape index (κ2) is 4.98. The van der Waals surface area contributed by atoms with E-state index in [2.05, 4.69) is 40.0 Å². The molecule has 1 saturated carbocycles. The van der Waals surface area contributed by atoms with Crippen LogP contribution in [-0.2, 0) is 6.42 Å². The third-order valence-electron chi connectivity index (χ3n) is 3.15. The molecule has 1 aliphatic carbocycles. The molecule has 1 aromatic heterocycles. The summed E-state index contributed by atoms with van der Waals surface area (Å²) in [6, 6.07) is 9.09. The number of nitrogens with zero attached hydrogens (tertiary/aromatic N) is 1. The van der Waals surface area contributed by atoms with E-state index in [0.717, 1.165) is 13.0 Å². The summed E-state index contributed by atoms with van der Waals surface area (Å²) in [6.45, 7) is 0.756. The lowest BCUT2D eigenvalue weighted by atomic mass is 10.1. The van der Waals surface area contributed by atoms with E-state index in [4.69, 9.17) is 5.73 Å². The molecule has 1 heterocycles. The Kier molecular flexibility index (Phi) is 3.19. The summed E-state index contributed by atoms with van der Waals surface area (Å²) in [7, 11) is 0. The molecule has 0 unspecified atom stereocenters. The number of rotatable bonds is 4. The zero-order valence-corrected chi connectivity index (χ0v) is 11.0. The number of hydrogen-bond acceptors (Lipinski definition) is 2. The lowest BCUT2D eigenvalue weighted by Gasteiger charge is -2.02. The van der Waals surface area contributed by atoms with Crippen LogP contribution in [0.4, 0.5) is 0 Å². The summed E-state index contributed by atoms with van der Waals surface area (Å²) in [4.78, 5) is 4.37. The largest absolute Gasteiger partial charge is 0.370 e. The summed E-state index contributed by atoms with van der Waals surface area (Å²) >= 11 is 1.80. The van der Waals surface area contributed by atoms with Crippen molar-refractivity contribution in [1.82, 2.24) is 5.32 Å². The van der Waals surface area contributed by atoms with Crippen molar-refractivity contribution < 1.29 is 0 Å². The molecule has 4 heteroatoms. The van der Waals surface area contributed by atoms with Crippen molar-refractivity contribution in [2.24, 2.45) is 10.7 Å². The predicted octanol–water partition coefficient (Wildman–Crippen LogP) is 2.51. The first-order chi connectivity index (χ1) is 8.83. The van der Waals surface area contributed by atoms with Gasteiger partial charge in [0.25, 0.3) is 0 Å². The fourth-order valence-corrected chi connectivity index (χ4v) is 3.00. The van der Waals surface area contributed by atoms with Gasteiger partial charge in [-0.05, 0) is 41.7 Å². The van der Waals surface area contributed by atoms with Crippen LogP contribution in [0.25, 0.3) is 10.1 Å². The van der Waals surface area contributed by atoms with Crippen LogP contribution < -0.4 is 11.1 Å². The molecule has 3 N–H and O–H groups in total. The maximum atomic E-state index is 5.81. The van der Waals surface area contributed by atoms with E-state index in [9.17, 15) is 0 Å². The summed E-state index contributed by atoms with van der Waals surface area (Å²) in [5, 5.41) is 6.78. The highest BCUT2D eigenvalue weighted by atomic mass is 32.1. The van der Waals surface area contributed by atoms with Crippen LogP contribution in [0, 0.1) is 0 Å². The fraction of sp³-hybridized carbons (Fsp3) is 0.357. The number of guanidine groups is 1. The van der Waals surface area contributed by atoms with Gasteiger partial charge in [-0.25, -0.2) is 0 Å². The summed E-state index contributed by atoms with van der Waals surface area (Å²) in [5.41, 5.74) is 7.18. The van der Waals surface area contributed by atoms with Gasteiger partial charge in [0.15, 0.2) is 5.96 Å². The zero-order valence-electron chi connectivity index (χ0n) is 10.2. The number of thiophene rings is 1. The van der Waals surface area contributed by atoms with Gasteiger partial charge in [-0.15, -0.1) is 11.3 Å². The van der Waals surface area contributed by atoms with Crippen LogP contribution in [-0.4, -0.2) is 18.5 Å². The van der Waals surface area contributed by atoms with Crippen LogP contribution in [0.1, 0.15) is 18.4 Å². The van der Waals surface area contributed by atoms with Gasteiger partial charge in [0.05, 0.1) is 0 Å². The van der Waals surface area contributed by atoms with Crippen molar-refractivity contribution >= 4 is 27.4 Å². The van der Waals surface area contributed by atoms with Crippen molar-refractivity contribution in [3.05, 3.63) is 35.2 Å². The van der Waals surface area contributed by atoms with E-state index in [1.165, 1.54) is 28.5 Å². The first-order valence-corrected chi connectivity index (χ1v) is 7.22. The highest BCUT2D eigenvalue weighted by Crippen LogP contribution is 2.25. The van der Waals surface area contributed by atoms with Crippen molar-refractivity contribution in [2.75, 3.05) is 6.54 Å². The molecule has 18 heavy (non-hydrogen) atoms. The molecule has 0 spiro atoms. The molecule has 94 valence electrons. The molecule has 2 aromatic rings. The number of nitrogens with one attached hydrogen (secondary N) is 1. The first-order valence-electron chi connectivity index (χ1n) is 6.34. The predicted molar refractivity (Wildman–Crippen MR) is 78.2 cm³/mol. The highest BCUT2D eigenvalue weighted by molar-refractivity contribution is 7.17. The minimum absolute atomic E-state index is 0.579. The SMILES string of the molecule is NC(=NCCc1csc2ccccc12)NC1CC1. The van der Waals surface area contributed by atoms with E-state index >= 15 is 0 Å². The molecule has 3 rings (SSSR count). The Morgan fingerprint density at radius 2 is 2.22 bits per heavy atom. The topological polar surface area (TPSA) is 50.4 Å². The zero-order chi connectivity index (χ0) is 12.4. The number of hydrogen-bond donors (Lipinski definition) is 2. The average Bonchev–Trinajstić information content (AvgIpc) is 3.09. The van der Waals surface area contributed by atoms with Gasteiger partial charge in [-0.3, -0.25) is 4.99 Å². The lowest BCUT2D eigenvalue weighted by molar-refractivity contribution is 0.872. The maximum absolute atomic E-state index is 5.81. The molecule has 3 nitrogen and oxygen atoms in total. The summed E-state index contributed by atoms with van der Waals surface area (Å²) in [5.74, 6) is 0.594. The Bertz CT molecular complexity index is 569. The Balaban J connectivity index is 1.62. The summed E-state index contributed by atoms with van der Waals surface area (Å²) in [6.07, 6.45) is 3.41. The van der Waals surface area contributed by atoms with E-state index < -0.39 is 0 Å². The number of aliphatic imine (C=N–C) groups is 1. The third-order valence-corrected chi connectivity index (χ3v) is 4.17. The molecule has 0 aliphatic heterocycles. The van der Waals surface area contributed by atoms with Gasteiger partial charge in [0, 0.05) is 17.3 Å². The van der Waals surface area contributed by atoms with Crippen molar-refractivity contribution in [3.8, 4) is 0 Å². The Hall–Kier alpha value is -1.55. The lowest BCUT2D eigenvalue weighted by Crippen LogP contribution is -2.33. The molecule has 0 bridgehead atoms. The minimum Gasteiger partial charge on any atom is -0.370 e. The second-order valence-electron chi connectivity index (χ2n) is 4.69. The van der Waals surface area contributed by atoms with Crippen LogP contribution in [0.5, 0.6) is 0 Å². The van der Waals surface area contributed by atoms with Crippen LogP contribution in [0.2, 0.25) is 0 Å². The minimum atomic E-state index is 0.579. The van der Waals surface area contributed by atoms with Gasteiger partial charge in [-0.1, -0.05) is 18.2 Å². The Morgan fingerprint density at radius 1 is 1.39 bits per heavy atom. The maximum Gasteiger partial charge on any atom is 0.188 e. The molecule has 0 amide bonds. The van der Waals surface area contributed by atoms with Crippen LogP contribution in [0.15, 0.2) is 34.6 Å². The highest BCUT2D eigenvalue weighted by Gasteiger charge is 2.21. The van der Waals surface area contributed by atoms with Crippen molar-refractivity contribution in [3.63, 3.8) is 0 Å². The molecule has 0 atom stereocenters. The van der Waals surface area contributed by atoms with Crippen molar-refractivity contribution in [2.45, 2.75) is 25.3 Å². The Labute approximate surface area is 111 Å². The van der Waals surface area contributed by atoms with Gasteiger partial charge in [0.1, 0.15) is 0 Å². The van der Waals surface area contributed by atoms with Crippen molar-refractivity contribution in [1.29, 1.82) is 0 Å². The van der Waals surface area contributed by atoms with Crippen LogP contribution >= 0.6 is 11.3 Å². The van der Waals surface area contributed by atoms with Gasteiger partial charge in [-0.2, -0.15) is 0 Å². The summed E-state index contributed by atoms with van der Waals surface area (Å²) < 4.78 is 1.35. The monoisotopic (exact) mass is 259 g/mol. The molecular formula is C14H17N3S. The quantitative estimate of drug-likeness (QED) is 0.655. The smallest absolute Gasteiger partial charge is 0.188 e.